The fraction of sp³-hybridized carbons (Fsp3) is 0.0952. The number of hydrogen-bond donors (Lipinski definition) is 0. The zero-order valence-electron chi connectivity index (χ0n) is 14.5. The summed E-state index contributed by atoms with van der Waals surface area (Å²) in [5, 5.41) is 0.809. The maximum absolute atomic E-state index is 12.8. The van der Waals surface area contributed by atoms with E-state index in [0.717, 1.165) is 26.5 Å². The second kappa shape index (κ2) is 7.97. The van der Waals surface area contributed by atoms with Crippen LogP contribution < -0.4 is 0 Å². The molecule has 0 aliphatic carbocycles. The Balaban J connectivity index is 1.53. The van der Waals surface area contributed by atoms with E-state index in [1.807, 2.05) is 48.5 Å². The monoisotopic (exact) mass is 375 g/mol. The lowest BCUT2D eigenvalue weighted by molar-refractivity contribution is -0.127. The zero-order chi connectivity index (χ0) is 18.5. The quantitative estimate of drug-likeness (QED) is 0.465. The van der Waals surface area contributed by atoms with Crippen molar-refractivity contribution in [2.45, 2.75) is 13.1 Å². The van der Waals surface area contributed by atoms with Crippen molar-refractivity contribution in [1.29, 1.82) is 0 Å². The summed E-state index contributed by atoms with van der Waals surface area (Å²) < 4.78 is 6.51. The molecule has 0 saturated heterocycles. The molecule has 4 aromatic rings. The van der Waals surface area contributed by atoms with E-state index in [0.29, 0.717) is 13.1 Å². The Morgan fingerprint density at radius 1 is 1.11 bits per heavy atom. The highest BCUT2D eigenvalue weighted by Gasteiger charge is 2.14. The number of rotatable bonds is 6. The first-order valence-corrected chi connectivity index (χ1v) is 9.33. The van der Waals surface area contributed by atoms with E-state index in [4.69, 9.17) is 4.42 Å². The van der Waals surface area contributed by atoms with Gasteiger partial charge in [0.05, 0.1) is 23.0 Å². The minimum absolute atomic E-state index is 0.102. The van der Waals surface area contributed by atoms with Crippen LogP contribution in [0.15, 0.2) is 77.7 Å². The lowest BCUT2D eigenvalue weighted by atomic mass is 10.2. The molecule has 0 spiro atoms. The molecule has 1 aromatic carbocycles. The molecule has 0 aliphatic rings. The highest BCUT2D eigenvalue weighted by atomic mass is 32.1. The molecule has 0 radical (unpaired) electrons. The molecule has 5 nitrogen and oxygen atoms in total. The SMILES string of the molecule is O=C(/C=C/c1nc2ccccc2s1)N(Cc1cccnc1)Cc1ccco1. The Kier molecular flexibility index (Phi) is 5.07. The number of carbonyl (C=O) groups excluding carboxylic acids is 1. The summed E-state index contributed by atoms with van der Waals surface area (Å²) in [5.74, 6) is 0.634. The topological polar surface area (TPSA) is 59.2 Å². The van der Waals surface area contributed by atoms with Gasteiger partial charge in [-0.25, -0.2) is 4.98 Å². The van der Waals surface area contributed by atoms with Gasteiger partial charge in [-0.1, -0.05) is 18.2 Å². The second-order valence-electron chi connectivity index (χ2n) is 5.99. The van der Waals surface area contributed by atoms with Gasteiger partial charge in [0.15, 0.2) is 0 Å². The van der Waals surface area contributed by atoms with Crippen LogP contribution in [0.2, 0.25) is 0 Å². The van der Waals surface area contributed by atoms with Gasteiger partial charge in [0.2, 0.25) is 5.91 Å². The highest BCUT2D eigenvalue weighted by molar-refractivity contribution is 7.19. The number of furan rings is 1. The summed E-state index contributed by atoms with van der Waals surface area (Å²) in [6.07, 6.45) is 8.43. The zero-order valence-corrected chi connectivity index (χ0v) is 15.3. The standard InChI is InChI=1S/C21H17N3O2S/c25-21(10-9-20-23-18-7-1-2-8-19(18)27-20)24(15-17-6-4-12-26-17)14-16-5-3-11-22-13-16/h1-13H,14-15H2/b10-9+. The molecule has 0 fully saturated rings. The number of benzene rings is 1. The molecule has 1 amide bonds. The number of nitrogens with zero attached hydrogens (tertiary/aromatic N) is 3. The van der Waals surface area contributed by atoms with Crippen LogP contribution in [-0.4, -0.2) is 20.8 Å². The Hall–Kier alpha value is -3.25. The van der Waals surface area contributed by atoms with Gasteiger partial charge in [0, 0.05) is 25.0 Å². The van der Waals surface area contributed by atoms with Crippen LogP contribution in [0, 0.1) is 0 Å². The van der Waals surface area contributed by atoms with Crippen LogP contribution in [0.25, 0.3) is 16.3 Å². The lowest BCUT2D eigenvalue weighted by Crippen LogP contribution is -2.28. The average Bonchev–Trinajstić information content (AvgIpc) is 3.35. The molecule has 0 unspecified atom stereocenters. The van der Waals surface area contributed by atoms with E-state index in [2.05, 4.69) is 9.97 Å². The predicted molar refractivity (Wildman–Crippen MR) is 106 cm³/mol. The van der Waals surface area contributed by atoms with E-state index in [1.165, 1.54) is 0 Å². The molecule has 6 heteroatoms. The van der Waals surface area contributed by atoms with Gasteiger partial charge in [0.25, 0.3) is 0 Å². The van der Waals surface area contributed by atoms with Crippen molar-refractivity contribution in [3.8, 4) is 0 Å². The molecular weight excluding hydrogens is 358 g/mol. The Morgan fingerprint density at radius 3 is 2.81 bits per heavy atom. The molecule has 0 N–H and O–H groups in total. The smallest absolute Gasteiger partial charge is 0.247 e. The minimum Gasteiger partial charge on any atom is -0.467 e. The van der Waals surface area contributed by atoms with Gasteiger partial charge in [-0.05, 0) is 42.0 Å². The number of aromatic nitrogens is 2. The molecule has 4 rings (SSSR count). The average molecular weight is 375 g/mol. The molecule has 134 valence electrons. The van der Waals surface area contributed by atoms with Crippen molar-refractivity contribution >= 4 is 33.5 Å². The number of hydrogen-bond acceptors (Lipinski definition) is 5. The first kappa shape index (κ1) is 17.2. The number of thiazole rings is 1. The van der Waals surface area contributed by atoms with E-state index in [9.17, 15) is 4.79 Å². The number of pyridine rings is 1. The Morgan fingerprint density at radius 2 is 2.04 bits per heavy atom. The molecule has 0 bridgehead atoms. The van der Waals surface area contributed by atoms with E-state index >= 15 is 0 Å². The van der Waals surface area contributed by atoms with Gasteiger partial charge in [-0.3, -0.25) is 9.78 Å². The highest BCUT2D eigenvalue weighted by Crippen LogP contribution is 2.22. The van der Waals surface area contributed by atoms with Crippen molar-refractivity contribution in [1.82, 2.24) is 14.9 Å². The van der Waals surface area contributed by atoms with E-state index in [-0.39, 0.29) is 5.91 Å². The largest absolute Gasteiger partial charge is 0.467 e. The van der Waals surface area contributed by atoms with Crippen molar-refractivity contribution in [2.75, 3.05) is 0 Å². The van der Waals surface area contributed by atoms with Crippen LogP contribution in [0.1, 0.15) is 16.3 Å². The van der Waals surface area contributed by atoms with Crippen LogP contribution in [0.4, 0.5) is 0 Å². The number of para-hydroxylation sites is 1. The summed E-state index contributed by atoms with van der Waals surface area (Å²) in [7, 11) is 0. The van der Waals surface area contributed by atoms with E-state index < -0.39 is 0 Å². The summed E-state index contributed by atoms with van der Waals surface area (Å²) in [6, 6.07) is 15.4. The summed E-state index contributed by atoms with van der Waals surface area (Å²) in [5.41, 5.74) is 1.91. The molecule has 0 aliphatic heterocycles. The van der Waals surface area contributed by atoms with Crippen molar-refractivity contribution in [3.05, 3.63) is 89.6 Å². The third-order valence-electron chi connectivity index (χ3n) is 4.01. The summed E-state index contributed by atoms with van der Waals surface area (Å²) in [4.78, 5) is 23.2. The molecule has 3 heterocycles. The van der Waals surface area contributed by atoms with Gasteiger partial charge in [0.1, 0.15) is 10.8 Å². The second-order valence-corrected chi connectivity index (χ2v) is 7.05. The summed E-state index contributed by atoms with van der Waals surface area (Å²) >= 11 is 1.56. The van der Waals surface area contributed by atoms with Gasteiger partial charge in [-0.15, -0.1) is 11.3 Å². The molecule has 0 atom stereocenters. The van der Waals surface area contributed by atoms with E-state index in [1.54, 1.807) is 47.0 Å². The predicted octanol–water partition coefficient (Wildman–Crippen LogP) is 4.53. The van der Waals surface area contributed by atoms with Crippen LogP contribution in [0.3, 0.4) is 0 Å². The van der Waals surface area contributed by atoms with Crippen LogP contribution >= 0.6 is 11.3 Å². The third kappa shape index (κ3) is 4.30. The maximum atomic E-state index is 12.8. The maximum Gasteiger partial charge on any atom is 0.247 e. The first-order chi connectivity index (χ1) is 13.3. The normalized spacial score (nSPS) is 11.3. The fourth-order valence-corrected chi connectivity index (χ4v) is 3.59. The number of amides is 1. The van der Waals surface area contributed by atoms with Gasteiger partial charge >= 0.3 is 0 Å². The Labute approximate surface area is 160 Å². The molecule has 0 saturated carbocycles. The third-order valence-corrected chi connectivity index (χ3v) is 5.02. The van der Waals surface area contributed by atoms with Crippen LogP contribution in [0.5, 0.6) is 0 Å². The Bertz CT molecular complexity index is 1020. The van der Waals surface area contributed by atoms with Gasteiger partial charge < -0.3 is 9.32 Å². The summed E-state index contributed by atoms with van der Waals surface area (Å²) in [6.45, 7) is 0.850. The van der Waals surface area contributed by atoms with Gasteiger partial charge in [-0.2, -0.15) is 0 Å². The van der Waals surface area contributed by atoms with Crippen LogP contribution in [-0.2, 0) is 17.9 Å². The molecule has 27 heavy (non-hydrogen) atoms. The van der Waals surface area contributed by atoms with Crippen molar-refractivity contribution in [2.24, 2.45) is 0 Å². The lowest BCUT2D eigenvalue weighted by Gasteiger charge is -2.20. The minimum atomic E-state index is -0.102. The van der Waals surface area contributed by atoms with Crippen molar-refractivity contribution in [3.63, 3.8) is 0 Å². The number of carbonyl (C=O) groups is 1. The fourth-order valence-electron chi connectivity index (χ4n) is 2.72. The van der Waals surface area contributed by atoms with Crippen molar-refractivity contribution < 1.29 is 9.21 Å². The first-order valence-electron chi connectivity index (χ1n) is 8.52. The molecule has 3 aromatic heterocycles. The molecular formula is C21H17N3O2S. The number of fused-ring (bicyclic) bond motifs is 1.